The lowest BCUT2D eigenvalue weighted by molar-refractivity contribution is 0.0176. The zero-order valence-corrected chi connectivity index (χ0v) is 10.1. The number of carbonyl (C=O) groups is 1. The summed E-state index contributed by atoms with van der Waals surface area (Å²) in [6, 6.07) is 0. The predicted molar refractivity (Wildman–Crippen MR) is 55.7 cm³/mol. The molecule has 2 heterocycles. The summed E-state index contributed by atoms with van der Waals surface area (Å²) >= 11 is 0. The lowest BCUT2D eigenvalue weighted by atomic mass is 10.0. The van der Waals surface area contributed by atoms with E-state index in [1.54, 1.807) is 4.90 Å². The Hall–Kier alpha value is -0.770. The SMILES string of the molecule is CC(C)(C)OC(=O)N1CC2(C)OC2(C)C1. The van der Waals surface area contributed by atoms with Gasteiger partial charge in [-0.25, -0.2) is 4.79 Å². The molecule has 0 spiro atoms. The molecule has 4 nitrogen and oxygen atoms in total. The van der Waals surface area contributed by atoms with Gasteiger partial charge in [-0.15, -0.1) is 0 Å². The van der Waals surface area contributed by atoms with Crippen molar-refractivity contribution in [2.24, 2.45) is 0 Å². The van der Waals surface area contributed by atoms with Crippen LogP contribution in [-0.2, 0) is 9.47 Å². The highest BCUT2D eigenvalue weighted by Gasteiger charge is 2.70. The standard InChI is InChI=1S/C11H19NO3/c1-9(2,3)14-8(13)12-6-10(4)11(5,7-12)15-10/h6-7H2,1-5H3. The molecule has 2 saturated heterocycles. The van der Waals surface area contributed by atoms with E-state index in [0.717, 1.165) is 0 Å². The smallest absolute Gasteiger partial charge is 0.410 e. The summed E-state index contributed by atoms with van der Waals surface area (Å²) in [7, 11) is 0. The summed E-state index contributed by atoms with van der Waals surface area (Å²) in [5.41, 5.74) is -0.722. The number of rotatable bonds is 0. The van der Waals surface area contributed by atoms with Gasteiger partial charge in [-0.1, -0.05) is 0 Å². The first-order chi connectivity index (χ1) is 6.65. The second-order valence-electron chi connectivity index (χ2n) is 5.90. The number of hydrogen-bond donors (Lipinski definition) is 0. The first-order valence-electron chi connectivity index (χ1n) is 5.33. The monoisotopic (exact) mass is 213 g/mol. The van der Waals surface area contributed by atoms with E-state index in [0.29, 0.717) is 13.1 Å². The van der Waals surface area contributed by atoms with Crippen LogP contribution in [0.5, 0.6) is 0 Å². The Labute approximate surface area is 90.5 Å². The van der Waals surface area contributed by atoms with E-state index in [1.165, 1.54) is 0 Å². The van der Waals surface area contributed by atoms with E-state index in [-0.39, 0.29) is 17.3 Å². The van der Waals surface area contributed by atoms with Crippen LogP contribution in [0.1, 0.15) is 34.6 Å². The van der Waals surface area contributed by atoms with E-state index in [2.05, 4.69) is 0 Å². The molecule has 2 unspecified atom stereocenters. The van der Waals surface area contributed by atoms with Crippen LogP contribution in [0, 0.1) is 0 Å². The number of carbonyl (C=O) groups excluding carboxylic acids is 1. The molecule has 1 amide bonds. The first kappa shape index (κ1) is 10.7. The maximum absolute atomic E-state index is 11.8. The van der Waals surface area contributed by atoms with Gasteiger partial charge in [0, 0.05) is 0 Å². The van der Waals surface area contributed by atoms with Crippen molar-refractivity contribution < 1.29 is 14.3 Å². The number of hydrogen-bond acceptors (Lipinski definition) is 3. The number of amides is 1. The van der Waals surface area contributed by atoms with Gasteiger partial charge in [0.25, 0.3) is 0 Å². The second kappa shape index (κ2) is 2.67. The highest BCUT2D eigenvalue weighted by molar-refractivity contribution is 5.69. The van der Waals surface area contributed by atoms with Crippen LogP contribution in [0.15, 0.2) is 0 Å². The van der Waals surface area contributed by atoms with Gasteiger partial charge in [-0.05, 0) is 34.6 Å². The molecule has 2 fully saturated rings. The molecule has 0 radical (unpaired) electrons. The average Bonchev–Trinajstić information content (AvgIpc) is 2.38. The third-order valence-electron chi connectivity index (χ3n) is 3.16. The Balaban J connectivity index is 1.96. The zero-order valence-electron chi connectivity index (χ0n) is 10.1. The summed E-state index contributed by atoms with van der Waals surface area (Å²) in [5, 5.41) is 0. The topological polar surface area (TPSA) is 42.1 Å². The molecule has 2 atom stereocenters. The minimum absolute atomic E-state index is 0.149. The molecule has 0 aromatic carbocycles. The Morgan fingerprint density at radius 1 is 1.27 bits per heavy atom. The Morgan fingerprint density at radius 3 is 2.13 bits per heavy atom. The van der Waals surface area contributed by atoms with Crippen molar-refractivity contribution in [2.75, 3.05) is 13.1 Å². The van der Waals surface area contributed by atoms with Gasteiger partial charge in [0.05, 0.1) is 13.1 Å². The van der Waals surface area contributed by atoms with Crippen molar-refractivity contribution in [1.82, 2.24) is 4.90 Å². The van der Waals surface area contributed by atoms with Gasteiger partial charge in [-0.2, -0.15) is 0 Å². The molecular weight excluding hydrogens is 194 g/mol. The molecule has 2 aliphatic heterocycles. The van der Waals surface area contributed by atoms with Gasteiger partial charge in [-0.3, -0.25) is 0 Å². The van der Waals surface area contributed by atoms with E-state index >= 15 is 0 Å². The molecule has 0 aliphatic carbocycles. The number of likely N-dealkylation sites (tertiary alicyclic amines) is 1. The molecule has 2 rings (SSSR count). The molecular formula is C11H19NO3. The summed E-state index contributed by atoms with van der Waals surface area (Å²) in [4.78, 5) is 13.5. The normalized spacial score (nSPS) is 38.9. The first-order valence-corrected chi connectivity index (χ1v) is 5.33. The molecule has 0 saturated carbocycles. The van der Waals surface area contributed by atoms with E-state index in [4.69, 9.17) is 9.47 Å². The Morgan fingerprint density at radius 2 is 1.73 bits per heavy atom. The van der Waals surface area contributed by atoms with E-state index in [9.17, 15) is 4.79 Å². The molecule has 0 bridgehead atoms. The van der Waals surface area contributed by atoms with Gasteiger partial charge in [0.2, 0.25) is 0 Å². The third kappa shape index (κ3) is 1.71. The van der Waals surface area contributed by atoms with Crippen LogP contribution < -0.4 is 0 Å². The largest absolute Gasteiger partial charge is 0.444 e. The highest BCUT2D eigenvalue weighted by Crippen LogP contribution is 2.53. The number of nitrogens with zero attached hydrogens (tertiary/aromatic N) is 1. The van der Waals surface area contributed by atoms with E-state index < -0.39 is 5.60 Å². The minimum Gasteiger partial charge on any atom is -0.444 e. The van der Waals surface area contributed by atoms with Gasteiger partial charge in [0.1, 0.15) is 16.8 Å². The molecule has 0 aromatic rings. The maximum atomic E-state index is 11.8. The third-order valence-corrected chi connectivity index (χ3v) is 3.16. The van der Waals surface area contributed by atoms with Gasteiger partial charge >= 0.3 is 6.09 Å². The fourth-order valence-corrected chi connectivity index (χ4v) is 2.11. The van der Waals surface area contributed by atoms with Crippen molar-refractivity contribution in [3.8, 4) is 0 Å². The Bertz CT molecular complexity index is 293. The Kier molecular flexibility index (Phi) is 1.91. The lowest BCUT2D eigenvalue weighted by Gasteiger charge is -2.25. The molecule has 0 aromatic heterocycles. The number of epoxide rings is 1. The van der Waals surface area contributed by atoms with Crippen LogP contribution >= 0.6 is 0 Å². The van der Waals surface area contributed by atoms with Crippen molar-refractivity contribution >= 4 is 6.09 Å². The second-order valence-corrected chi connectivity index (χ2v) is 5.90. The van der Waals surface area contributed by atoms with Crippen LogP contribution in [0.3, 0.4) is 0 Å². The maximum Gasteiger partial charge on any atom is 0.410 e. The quantitative estimate of drug-likeness (QED) is 0.576. The number of ether oxygens (including phenoxy) is 2. The summed E-state index contributed by atoms with van der Waals surface area (Å²) in [6.45, 7) is 11.0. The van der Waals surface area contributed by atoms with Crippen LogP contribution in [0.2, 0.25) is 0 Å². The van der Waals surface area contributed by atoms with E-state index in [1.807, 2.05) is 34.6 Å². The zero-order chi connectivity index (χ0) is 11.5. The summed E-state index contributed by atoms with van der Waals surface area (Å²) < 4.78 is 10.9. The van der Waals surface area contributed by atoms with Crippen molar-refractivity contribution in [1.29, 1.82) is 0 Å². The molecule has 4 heteroatoms. The average molecular weight is 213 g/mol. The van der Waals surface area contributed by atoms with Crippen LogP contribution in [-0.4, -0.2) is 40.9 Å². The van der Waals surface area contributed by atoms with Crippen molar-refractivity contribution in [2.45, 2.75) is 51.4 Å². The molecule has 2 aliphatic rings. The van der Waals surface area contributed by atoms with Crippen LogP contribution in [0.25, 0.3) is 0 Å². The molecule has 15 heavy (non-hydrogen) atoms. The molecule has 86 valence electrons. The van der Waals surface area contributed by atoms with Gasteiger partial charge in [0.15, 0.2) is 0 Å². The van der Waals surface area contributed by atoms with Crippen molar-refractivity contribution in [3.05, 3.63) is 0 Å². The van der Waals surface area contributed by atoms with Crippen LogP contribution in [0.4, 0.5) is 4.79 Å². The predicted octanol–water partition coefficient (Wildman–Crippen LogP) is 1.78. The number of fused-ring (bicyclic) bond motifs is 1. The lowest BCUT2D eigenvalue weighted by Crippen LogP contribution is -2.38. The summed E-state index contributed by atoms with van der Waals surface area (Å²) in [6.07, 6.45) is -0.235. The highest BCUT2D eigenvalue weighted by atomic mass is 16.6. The fraction of sp³-hybridized carbons (Fsp3) is 0.909. The van der Waals surface area contributed by atoms with Crippen molar-refractivity contribution in [3.63, 3.8) is 0 Å². The molecule has 0 N–H and O–H groups in total. The fourth-order valence-electron chi connectivity index (χ4n) is 2.11. The number of morpholine rings is 1. The minimum atomic E-state index is -0.424. The summed E-state index contributed by atoms with van der Waals surface area (Å²) in [5.74, 6) is 0. The van der Waals surface area contributed by atoms with Gasteiger partial charge < -0.3 is 14.4 Å².